The second-order valence-electron chi connectivity index (χ2n) is 6.21. The van der Waals surface area contributed by atoms with Gasteiger partial charge in [-0.2, -0.15) is 0 Å². The molecule has 3 N–H and O–H groups in total. The van der Waals surface area contributed by atoms with Crippen LogP contribution in [0.1, 0.15) is 36.3 Å². The van der Waals surface area contributed by atoms with Crippen LogP contribution in [-0.2, 0) is 4.79 Å². The molecule has 2 aliphatic heterocycles. The van der Waals surface area contributed by atoms with E-state index in [2.05, 4.69) is 15.5 Å². The van der Waals surface area contributed by atoms with Gasteiger partial charge in [-0.1, -0.05) is 6.07 Å². The zero-order valence-electron chi connectivity index (χ0n) is 12.8. The summed E-state index contributed by atoms with van der Waals surface area (Å²) in [7, 11) is 0. The molecule has 0 unspecified atom stereocenters. The van der Waals surface area contributed by atoms with E-state index in [1.807, 2.05) is 18.2 Å². The number of Topliss-reactive ketones (excluding diaryl/α,β-unsaturated/α-hetero) is 1. The highest BCUT2D eigenvalue weighted by atomic mass is 16.7. The van der Waals surface area contributed by atoms with Gasteiger partial charge in [0, 0.05) is 23.6 Å². The molecule has 2 aromatic rings. The Balaban J connectivity index is 1.74. The number of benzene rings is 1. The van der Waals surface area contributed by atoms with Crippen molar-refractivity contribution in [3.8, 4) is 11.5 Å². The van der Waals surface area contributed by atoms with Crippen LogP contribution < -0.4 is 20.3 Å². The SMILES string of the molecule is O=C1CCCC2=C1[C@@H](c1ccc3c(c1)OCO3)c1c([nH][nH]c1=O)N2. The predicted octanol–water partition coefficient (Wildman–Crippen LogP) is 2.00. The first-order valence-electron chi connectivity index (χ1n) is 7.96. The van der Waals surface area contributed by atoms with Gasteiger partial charge in [0.15, 0.2) is 17.3 Å². The Morgan fingerprint density at radius 1 is 1.04 bits per heavy atom. The average molecular weight is 325 g/mol. The Labute approximate surface area is 136 Å². The standard InChI is InChI=1S/C17H15N3O4/c21-10-3-1-2-9-14(10)13(15-16(18-9)19-20-17(15)22)8-4-5-11-12(6-8)24-7-23-11/h4-6,13H,1-3,7H2,(H3,18,19,20,22)/t13-/m1/s1. The summed E-state index contributed by atoms with van der Waals surface area (Å²) in [6.45, 7) is 0.188. The van der Waals surface area contributed by atoms with E-state index >= 15 is 0 Å². The van der Waals surface area contributed by atoms with Gasteiger partial charge < -0.3 is 14.8 Å². The number of aromatic nitrogens is 2. The van der Waals surface area contributed by atoms with Gasteiger partial charge in [0.05, 0.1) is 5.56 Å². The molecular formula is C17H15N3O4. The molecule has 5 rings (SSSR count). The van der Waals surface area contributed by atoms with Gasteiger partial charge >= 0.3 is 0 Å². The van der Waals surface area contributed by atoms with Crippen molar-refractivity contribution in [3.05, 3.63) is 50.9 Å². The third-order valence-electron chi connectivity index (χ3n) is 4.85. The number of H-pyrrole nitrogens is 2. The quantitative estimate of drug-likeness (QED) is 0.745. The summed E-state index contributed by atoms with van der Waals surface area (Å²) in [5, 5.41) is 8.71. The molecule has 0 saturated heterocycles. The van der Waals surface area contributed by atoms with Gasteiger partial charge in [0.25, 0.3) is 5.56 Å². The highest BCUT2D eigenvalue weighted by Crippen LogP contribution is 2.45. The van der Waals surface area contributed by atoms with Crippen LogP contribution in [0.2, 0.25) is 0 Å². The van der Waals surface area contributed by atoms with Crippen LogP contribution in [0.5, 0.6) is 11.5 Å². The minimum Gasteiger partial charge on any atom is -0.454 e. The highest BCUT2D eigenvalue weighted by Gasteiger charge is 2.38. The number of hydrogen-bond donors (Lipinski definition) is 3. The Hall–Kier alpha value is -2.96. The number of anilines is 1. The predicted molar refractivity (Wildman–Crippen MR) is 85.3 cm³/mol. The van der Waals surface area contributed by atoms with Crippen LogP contribution in [0.15, 0.2) is 34.3 Å². The Bertz CT molecular complexity index is 953. The zero-order chi connectivity index (χ0) is 16.3. The first-order valence-corrected chi connectivity index (χ1v) is 7.96. The van der Waals surface area contributed by atoms with E-state index in [1.54, 1.807) is 0 Å². The molecule has 0 amide bonds. The van der Waals surface area contributed by atoms with Gasteiger partial charge in [-0.25, -0.2) is 0 Å². The van der Waals surface area contributed by atoms with Crippen molar-refractivity contribution in [2.24, 2.45) is 0 Å². The molecule has 122 valence electrons. The van der Waals surface area contributed by atoms with Crippen LogP contribution in [0.3, 0.4) is 0 Å². The molecule has 1 aliphatic carbocycles. The Morgan fingerprint density at radius 3 is 2.83 bits per heavy atom. The van der Waals surface area contributed by atoms with Crippen molar-refractivity contribution in [3.63, 3.8) is 0 Å². The summed E-state index contributed by atoms with van der Waals surface area (Å²) >= 11 is 0. The fourth-order valence-corrected chi connectivity index (χ4v) is 3.79. The lowest BCUT2D eigenvalue weighted by molar-refractivity contribution is -0.116. The number of nitrogens with one attached hydrogen (secondary N) is 3. The number of carbonyl (C=O) groups is 1. The number of hydrogen-bond acceptors (Lipinski definition) is 5. The summed E-state index contributed by atoms with van der Waals surface area (Å²) in [5.41, 5.74) is 2.78. The van der Waals surface area contributed by atoms with E-state index < -0.39 is 5.92 Å². The number of rotatable bonds is 1. The van der Waals surface area contributed by atoms with E-state index in [-0.39, 0.29) is 18.1 Å². The van der Waals surface area contributed by atoms with Gasteiger partial charge in [-0.05, 0) is 30.5 Å². The summed E-state index contributed by atoms with van der Waals surface area (Å²) in [4.78, 5) is 25.0. The first kappa shape index (κ1) is 13.5. The van der Waals surface area contributed by atoms with Gasteiger partial charge in [-0.15, -0.1) is 0 Å². The molecule has 7 nitrogen and oxygen atoms in total. The van der Waals surface area contributed by atoms with Gasteiger partial charge in [0.1, 0.15) is 5.82 Å². The summed E-state index contributed by atoms with van der Waals surface area (Å²) < 4.78 is 10.8. The molecule has 24 heavy (non-hydrogen) atoms. The van der Waals surface area contributed by atoms with Gasteiger partial charge in [-0.3, -0.25) is 19.8 Å². The zero-order valence-corrected chi connectivity index (χ0v) is 12.8. The highest BCUT2D eigenvalue weighted by molar-refractivity contribution is 6.00. The summed E-state index contributed by atoms with van der Waals surface area (Å²) in [6.07, 6.45) is 2.14. The number of aromatic amines is 2. The number of ketones is 1. The lowest BCUT2D eigenvalue weighted by Crippen LogP contribution is -2.29. The second kappa shape index (κ2) is 4.77. The lowest BCUT2D eigenvalue weighted by atomic mass is 9.77. The molecule has 7 heteroatoms. The van der Waals surface area contributed by atoms with E-state index in [9.17, 15) is 9.59 Å². The fraction of sp³-hybridized carbons (Fsp3) is 0.294. The molecule has 1 atom stereocenters. The van der Waals surface area contributed by atoms with Crippen molar-refractivity contribution in [1.29, 1.82) is 0 Å². The van der Waals surface area contributed by atoms with Crippen LogP contribution in [0.25, 0.3) is 0 Å². The fourth-order valence-electron chi connectivity index (χ4n) is 3.79. The first-order chi connectivity index (χ1) is 11.7. The molecule has 0 fully saturated rings. The van der Waals surface area contributed by atoms with Crippen LogP contribution in [-0.4, -0.2) is 22.8 Å². The van der Waals surface area contributed by atoms with Crippen molar-refractivity contribution >= 4 is 11.6 Å². The summed E-state index contributed by atoms with van der Waals surface area (Å²) in [5.74, 6) is 1.66. The Kier molecular flexibility index (Phi) is 2.68. The third kappa shape index (κ3) is 1.78. The molecular weight excluding hydrogens is 310 g/mol. The van der Waals surface area contributed by atoms with E-state index in [1.165, 1.54) is 0 Å². The molecule has 0 saturated carbocycles. The lowest BCUT2D eigenvalue weighted by Gasteiger charge is -2.31. The minimum atomic E-state index is -0.395. The van der Waals surface area contributed by atoms with Crippen molar-refractivity contribution < 1.29 is 14.3 Å². The monoisotopic (exact) mass is 325 g/mol. The topological polar surface area (TPSA) is 96.2 Å². The van der Waals surface area contributed by atoms with E-state index in [0.717, 1.165) is 24.1 Å². The molecule has 0 radical (unpaired) electrons. The molecule has 3 aliphatic rings. The van der Waals surface area contributed by atoms with E-state index in [0.29, 0.717) is 34.9 Å². The molecule has 0 spiro atoms. The van der Waals surface area contributed by atoms with Crippen LogP contribution >= 0.6 is 0 Å². The minimum absolute atomic E-state index is 0.0951. The Morgan fingerprint density at radius 2 is 1.92 bits per heavy atom. The summed E-state index contributed by atoms with van der Waals surface area (Å²) in [6, 6.07) is 5.58. The number of carbonyl (C=O) groups excluding carboxylic acids is 1. The van der Waals surface area contributed by atoms with E-state index in [4.69, 9.17) is 9.47 Å². The molecule has 1 aromatic heterocycles. The third-order valence-corrected chi connectivity index (χ3v) is 4.85. The largest absolute Gasteiger partial charge is 0.454 e. The maximum atomic E-state index is 12.6. The van der Waals surface area contributed by atoms with Crippen molar-refractivity contribution in [2.75, 3.05) is 12.1 Å². The number of ether oxygens (including phenoxy) is 2. The molecule has 0 bridgehead atoms. The number of fused-ring (bicyclic) bond motifs is 2. The maximum absolute atomic E-state index is 12.6. The average Bonchev–Trinajstić information content (AvgIpc) is 3.19. The maximum Gasteiger partial charge on any atom is 0.270 e. The van der Waals surface area contributed by atoms with Gasteiger partial charge in [0.2, 0.25) is 6.79 Å². The smallest absolute Gasteiger partial charge is 0.270 e. The number of allylic oxidation sites excluding steroid dienone is 2. The molecule has 1 aromatic carbocycles. The van der Waals surface area contributed by atoms with Crippen LogP contribution in [0.4, 0.5) is 5.82 Å². The van der Waals surface area contributed by atoms with Crippen molar-refractivity contribution in [1.82, 2.24) is 10.2 Å². The van der Waals surface area contributed by atoms with Crippen LogP contribution in [0, 0.1) is 0 Å². The normalized spacial score (nSPS) is 21.3. The molecule has 3 heterocycles. The second-order valence-corrected chi connectivity index (χ2v) is 6.21. The van der Waals surface area contributed by atoms with Crippen molar-refractivity contribution in [2.45, 2.75) is 25.2 Å².